The molecule has 0 bridgehead atoms. The van der Waals surface area contributed by atoms with Crippen LogP contribution in [0.5, 0.6) is 5.75 Å². The zero-order valence-corrected chi connectivity index (χ0v) is 10.6. The van der Waals surface area contributed by atoms with Gasteiger partial charge in [0.1, 0.15) is 5.75 Å². The summed E-state index contributed by atoms with van der Waals surface area (Å²) in [4.78, 5) is 23.3. The Hall–Kier alpha value is -2.50. The fraction of sp³-hybridized carbons (Fsp3) is 0.231. The number of benzene rings is 1. The van der Waals surface area contributed by atoms with Crippen molar-refractivity contribution in [3.63, 3.8) is 0 Å². The molecule has 0 aromatic heterocycles. The number of hydrogen-bond donors (Lipinski definition) is 3. The van der Waals surface area contributed by atoms with Crippen molar-refractivity contribution in [1.29, 1.82) is 0 Å². The molecule has 6 heteroatoms. The number of esters is 1. The van der Waals surface area contributed by atoms with Crippen LogP contribution in [0.4, 0.5) is 4.79 Å². The fourth-order valence-electron chi connectivity index (χ4n) is 2.03. The number of urea groups is 1. The highest BCUT2D eigenvalue weighted by Crippen LogP contribution is 2.28. The molecule has 2 rings (SSSR count). The van der Waals surface area contributed by atoms with Crippen LogP contribution in [0.3, 0.4) is 0 Å². The minimum atomic E-state index is -0.645. The Labute approximate surface area is 110 Å². The highest BCUT2D eigenvalue weighted by Gasteiger charge is 2.31. The van der Waals surface area contributed by atoms with Crippen molar-refractivity contribution < 1.29 is 19.4 Å². The van der Waals surface area contributed by atoms with Crippen LogP contribution >= 0.6 is 0 Å². The maximum atomic E-state index is 11.8. The first-order valence-electron chi connectivity index (χ1n) is 5.68. The standard InChI is InChI=1S/C13H14N2O4/c1-7-10(12(17)19-2)11(15-13(18)14-7)8-4-3-5-9(16)6-8/h3-6,11,16H,1-2H3,(H2,14,15,18)/t11-/m1/s1. The summed E-state index contributed by atoms with van der Waals surface area (Å²) in [5, 5.41) is 14.7. The van der Waals surface area contributed by atoms with Crippen molar-refractivity contribution in [2.75, 3.05) is 7.11 Å². The van der Waals surface area contributed by atoms with Crippen LogP contribution in [0.15, 0.2) is 35.5 Å². The average molecular weight is 262 g/mol. The third-order valence-corrected chi connectivity index (χ3v) is 2.88. The number of ether oxygens (including phenoxy) is 1. The molecule has 0 saturated carbocycles. The highest BCUT2D eigenvalue weighted by atomic mass is 16.5. The molecule has 1 aromatic rings. The van der Waals surface area contributed by atoms with Crippen molar-refractivity contribution in [2.45, 2.75) is 13.0 Å². The van der Waals surface area contributed by atoms with Gasteiger partial charge >= 0.3 is 12.0 Å². The first kappa shape index (κ1) is 12.9. The van der Waals surface area contributed by atoms with Gasteiger partial charge in [0, 0.05) is 5.70 Å². The Bertz CT molecular complexity index is 566. The molecule has 1 heterocycles. The molecular weight excluding hydrogens is 248 g/mol. The summed E-state index contributed by atoms with van der Waals surface area (Å²) < 4.78 is 4.73. The smallest absolute Gasteiger partial charge is 0.337 e. The number of allylic oxidation sites excluding steroid dienone is 1. The first-order chi connectivity index (χ1) is 9.02. The van der Waals surface area contributed by atoms with E-state index in [0.29, 0.717) is 16.8 Å². The van der Waals surface area contributed by atoms with Crippen molar-refractivity contribution in [2.24, 2.45) is 0 Å². The van der Waals surface area contributed by atoms with Crippen molar-refractivity contribution in [3.8, 4) is 5.75 Å². The number of carbonyl (C=O) groups excluding carboxylic acids is 2. The quantitative estimate of drug-likeness (QED) is 0.699. The lowest BCUT2D eigenvalue weighted by Gasteiger charge is -2.27. The molecule has 19 heavy (non-hydrogen) atoms. The van der Waals surface area contributed by atoms with Gasteiger partial charge in [-0.1, -0.05) is 12.1 Å². The van der Waals surface area contributed by atoms with Gasteiger partial charge in [-0.3, -0.25) is 0 Å². The number of carbonyl (C=O) groups is 2. The Morgan fingerprint density at radius 1 is 1.42 bits per heavy atom. The lowest BCUT2D eigenvalue weighted by Crippen LogP contribution is -2.45. The fourth-order valence-corrected chi connectivity index (χ4v) is 2.03. The van der Waals surface area contributed by atoms with Crippen molar-refractivity contribution >= 4 is 12.0 Å². The molecule has 0 spiro atoms. The number of aromatic hydroxyl groups is 1. The van der Waals surface area contributed by atoms with Crippen LogP contribution in [-0.4, -0.2) is 24.2 Å². The van der Waals surface area contributed by atoms with Gasteiger partial charge in [0.2, 0.25) is 0 Å². The van der Waals surface area contributed by atoms with E-state index in [0.717, 1.165) is 0 Å². The largest absolute Gasteiger partial charge is 0.508 e. The Kier molecular flexibility index (Phi) is 3.41. The molecule has 0 fully saturated rings. The molecule has 0 radical (unpaired) electrons. The summed E-state index contributed by atoms with van der Waals surface area (Å²) in [7, 11) is 1.28. The van der Waals surface area contributed by atoms with Gasteiger partial charge in [-0.2, -0.15) is 0 Å². The third-order valence-electron chi connectivity index (χ3n) is 2.88. The van der Waals surface area contributed by atoms with Gasteiger partial charge < -0.3 is 20.5 Å². The number of rotatable bonds is 2. The first-order valence-corrected chi connectivity index (χ1v) is 5.68. The lowest BCUT2D eigenvalue weighted by atomic mass is 9.95. The normalized spacial score (nSPS) is 18.6. The van der Waals surface area contributed by atoms with Gasteiger partial charge in [0.25, 0.3) is 0 Å². The highest BCUT2D eigenvalue weighted by molar-refractivity contribution is 5.94. The molecule has 3 N–H and O–H groups in total. The zero-order chi connectivity index (χ0) is 14.0. The molecule has 6 nitrogen and oxygen atoms in total. The molecular formula is C13H14N2O4. The van der Waals surface area contributed by atoms with Gasteiger partial charge in [-0.25, -0.2) is 9.59 Å². The molecule has 1 aliphatic heterocycles. The maximum absolute atomic E-state index is 11.8. The molecule has 100 valence electrons. The summed E-state index contributed by atoms with van der Waals surface area (Å²) in [6.45, 7) is 1.63. The van der Waals surface area contributed by atoms with E-state index >= 15 is 0 Å². The maximum Gasteiger partial charge on any atom is 0.337 e. The average Bonchev–Trinajstić information content (AvgIpc) is 2.37. The summed E-state index contributed by atoms with van der Waals surface area (Å²) in [5.74, 6) is -0.467. The summed E-state index contributed by atoms with van der Waals surface area (Å²) >= 11 is 0. The van der Waals surface area contributed by atoms with E-state index in [1.165, 1.54) is 19.2 Å². The van der Waals surface area contributed by atoms with Crippen molar-refractivity contribution in [1.82, 2.24) is 10.6 Å². The van der Waals surface area contributed by atoms with Crippen LogP contribution in [0.2, 0.25) is 0 Å². The van der Waals surface area contributed by atoms with E-state index < -0.39 is 18.0 Å². The molecule has 2 amide bonds. The van der Waals surface area contributed by atoms with Crippen LogP contribution < -0.4 is 10.6 Å². The van der Waals surface area contributed by atoms with Gasteiger partial charge in [0.05, 0.1) is 18.7 Å². The monoisotopic (exact) mass is 262 g/mol. The van der Waals surface area contributed by atoms with Crippen LogP contribution in [0.25, 0.3) is 0 Å². The summed E-state index contributed by atoms with van der Waals surface area (Å²) in [6.07, 6.45) is 0. The number of methoxy groups -OCH3 is 1. The predicted octanol–water partition coefficient (Wildman–Crippen LogP) is 1.19. The van der Waals surface area contributed by atoms with Crippen molar-refractivity contribution in [3.05, 3.63) is 41.1 Å². The second-order valence-electron chi connectivity index (χ2n) is 4.16. The van der Waals surface area contributed by atoms with Gasteiger partial charge in [-0.05, 0) is 24.6 Å². The topological polar surface area (TPSA) is 87.7 Å². The predicted molar refractivity (Wildman–Crippen MR) is 67.2 cm³/mol. The van der Waals surface area contributed by atoms with E-state index in [1.54, 1.807) is 19.1 Å². The number of phenolic OH excluding ortho intramolecular Hbond substituents is 1. The molecule has 1 aromatic carbocycles. The van der Waals surface area contributed by atoms with Crippen LogP contribution in [0.1, 0.15) is 18.5 Å². The number of amides is 2. The second kappa shape index (κ2) is 5.01. The van der Waals surface area contributed by atoms with E-state index in [1.807, 2.05) is 0 Å². The molecule has 0 saturated heterocycles. The third kappa shape index (κ3) is 2.52. The SMILES string of the molecule is COC(=O)C1=C(C)NC(=O)N[C@@H]1c1cccc(O)c1. The van der Waals surface area contributed by atoms with Crippen LogP contribution in [-0.2, 0) is 9.53 Å². The zero-order valence-electron chi connectivity index (χ0n) is 10.6. The molecule has 1 aliphatic rings. The van der Waals surface area contributed by atoms with Crippen LogP contribution in [0, 0.1) is 0 Å². The minimum Gasteiger partial charge on any atom is -0.508 e. The Morgan fingerprint density at radius 2 is 2.16 bits per heavy atom. The number of phenols is 1. The number of nitrogens with one attached hydrogen (secondary N) is 2. The Morgan fingerprint density at radius 3 is 2.79 bits per heavy atom. The summed E-state index contributed by atoms with van der Waals surface area (Å²) in [5.41, 5.74) is 1.35. The number of hydrogen-bond acceptors (Lipinski definition) is 4. The van der Waals surface area contributed by atoms with E-state index in [2.05, 4.69) is 10.6 Å². The Balaban J connectivity index is 2.49. The molecule has 0 aliphatic carbocycles. The molecule has 1 atom stereocenters. The second-order valence-corrected chi connectivity index (χ2v) is 4.16. The lowest BCUT2D eigenvalue weighted by molar-refractivity contribution is -0.136. The summed E-state index contributed by atoms with van der Waals surface area (Å²) in [6, 6.07) is 5.31. The molecule has 0 unspecified atom stereocenters. The van der Waals surface area contributed by atoms with E-state index in [9.17, 15) is 14.7 Å². The minimum absolute atomic E-state index is 0.0622. The van der Waals surface area contributed by atoms with E-state index in [-0.39, 0.29) is 5.75 Å². The van der Waals surface area contributed by atoms with Gasteiger partial charge in [0.15, 0.2) is 0 Å². The van der Waals surface area contributed by atoms with E-state index in [4.69, 9.17) is 4.74 Å². The van der Waals surface area contributed by atoms with Gasteiger partial charge in [-0.15, -0.1) is 0 Å².